The molecule has 1 amide bonds. The molecule has 0 bridgehead atoms. The largest absolute Gasteiger partial charge is 0.347 e. The Kier molecular flexibility index (Phi) is 6.44. The molecule has 6 nitrogen and oxygen atoms in total. The minimum absolute atomic E-state index is 0.165. The van der Waals surface area contributed by atoms with Gasteiger partial charge >= 0.3 is 0 Å². The number of nitrogens with zero attached hydrogens (tertiary/aromatic N) is 3. The van der Waals surface area contributed by atoms with Crippen molar-refractivity contribution in [1.82, 2.24) is 20.0 Å². The Hall–Kier alpha value is -2.99. The molecule has 1 heterocycles. The molecule has 1 aromatic heterocycles. The molecule has 0 unspecified atom stereocenters. The van der Waals surface area contributed by atoms with Gasteiger partial charge in [0.1, 0.15) is 0 Å². The summed E-state index contributed by atoms with van der Waals surface area (Å²) in [6.45, 7) is 5.71. The minimum Gasteiger partial charge on any atom is -0.347 e. The van der Waals surface area contributed by atoms with Crippen molar-refractivity contribution in [3.63, 3.8) is 0 Å². The maximum absolute atomic E-state index is 13.0. The molecule has 3 aromatic rings. The predicted molar refractivity (Wildman–Crippen MR) is 116 cm³/mol. The topological polar surface area (TPSA) is 67.2 Å². The van der Waals surface area contributed by atoms with Crippen LogP contribution in [0.2, 0.25) is 0 Å². The highest BCUT2D eigenvalue weighted by atomic mass is 16.2. The van der Waals surface area contributed by atoms with Gasteiger partial charge in [-0.1, -0.05) is 56.3 Å². The summed E-state index contributed by atoms with van der Waals surface area (Å²) < 4.78 is 1.40. The van der Waals surface area contributed by atoms with E-state index in [2.05, 4.69) is 21.4 Å². The third-order valence-electron chi connectivity index (χ3n) is 4.67. The Bertz CT molecular complexity index is 1070. The van der Waals surface area contributed by atoms with E-state index in [9.17, 15) is 9.59 Å². The van der Waals surface area contributed by atoms with Crippen LogP contribution in [0, 0.1) is 5.92 Å². The second-order valence-corrected chi connectivity index (χ2v) is 7.96. The Labute approximate surface area is 171 Å². The fraction of sp³-hybridized carbons (Fsp3) is 0.348. The van der Waals surface area contributed by atoms with Gasteiger partial charge in [0.25, 0.3) is 11.5 Å². The van der Waals surface area contributed by atoms with Crippen molar-refractivity contribution >= 4 is 16.7 Å². The van der Waals surface area contributed by atoms with Gasteiger partial charge in [-0.15, -0.1) is 0 Å². The van der Waals surface area contributed by atoms with Crippen LogP contribution in [0.25, 0.3) is 10.8 Å². The van der Waals surface area contributed by atoms with E-state index in [-0.39, 0.29) is 23.1 Å². The fourth-order valence-electron chi connectivity index (χ4n) is 3.36. The molecule has 152 valence electrons. The van der Waals surface area contributed by atoms with Crippen molar-refractivity contribution in [1.29, 1.82) is 0 Å². The SMILES string of the molecule is CC(C)Cn1nc(C(=O)NCc2ccccc2CN(C)C)c2ccccc2c1=O. The lowest BCUT2D eigenvalue weighted by molar-refractivity contribution is 0.0945. The van der Waals surface area contributed by atoms with Crippen molar-refractivity contribution in [3.05, 3.63) is 75.7 Å². The summed E-state index contributed by atoms with van der Waals surface area (Å²) in [4.78, 5) is 27.8. The van der Waals surface area contributed by atoms with Crippen LogP contribution in [0.1, 0.15) is 35.5 Å². The van der Waals surface area contributed by atoms with Gasteiger partial charge in [-0.3, -0.25) is 9.59 Å². The van der Waals surface area contributed by atoms with Gasteiger partial charge in [-0.05, 0) is 37.2 Å². The van der Waals surface area contributed by atoms with E-state index in [1.165, 1.54) is 10.2 Å². The number of fused-ring (bicyclic) bond motifs is 1. The molecule has 0 aliphatic heterocycles. The minimum atomic E-state index is -0.279. The Morgan fingerprint density at radius 3 is 2.31 bits per heavy atom. The summed E-state index contributed by atoms with van der Waals surface area (Å²) in [5.74, 6) is -0.0338. The van der Waals surface area contributed by atoms with E-state index in [4.69, 9.17) is 0 Å². The van der Waals surface area contributed by atoms with Gasteiger partial charge < -0.3 is 10.2 Å². The lowest BCUT2D eigenvalue weighted by Gasteiger charge is -2.15. The molecule has 0 aliphatic rings. The summed E-state index contributed by atoms with van der Waals surface area (Å²) in [5.41, 5.74) is 2.35. The zero-order chi connectivity index (χ0) is 21.0. The molecule has 0 radical (unpaired) electrons. The van der Waals surface area contributed by atoms with E-state index in [1.54, 1.807) is 12.1 Å². The van der Waals surface area contributed by atoms with E-state index >= 15 is 0 Å². The van der Waals surface area contributed by atoms with Crippen LogP contribution < -0.4 is 10.9 Å². The number of hydrogen-bond donors (Lipinski definition) is 1. The zero-order valence-corrected chi connectivity index (χ0v) is 17.5. The van der Waals surface area contributed by atoms with Crippen molar-refractivity contribution in [2.75, 3.05) is 14.1 Å². The monoisotopic (exact) mass is 392 g/mol. The lowest BCUT2D eigenvalue weighted by Crippen LogP contribution is -2.31. The molecule has 0 aliphatic carbocycles. The highest BCUT2D eigenvalue weighted by molar-refractivity contribution is 6.04. The van der Waals surface area contributed by atoms with Gasteiger partial charge in [0.15, 0.2) is 5.69 Å². The average molecular weight is 393 g/mol. The summed E-state index contributed by atoms with van der Waals surface area (Å²) in [6, 6.07) is 15.2. The first-order chi connectivity index (χ1) is 13.9. The molecular formula is C23H28N4O2. The molecule has 0 atom stereocenters. The van der Waals surface area contributed by atoms with Crippen LogP contribution >= 0.6 is 0 Å². The van der Waals surface area contributed by atoms with Gasteiger partial charge in [0.05, 0.1) is 5.39 Å². The van der Waals surface area contributed by atoms with Gasteiger partial charge in [-0.2, -0.15) is 5.10 Å². The van der Waals surface area contributed by atoms with Crippen LogP contribution in [0.15, 0.2) is 53.3 Å². The summed E-state index contributed by atoms with van der Waals surface area (Å²) >= 11 is 0. The molecule has 2 aromatic carbocycles. The number of benzene rings is 2. The molecule has 6 heteroatoms. The number of aromatic nitrogens is 2. The van der Waals surface area contributed by atoms with E-state index in [0.29, 0.717) is 23.9 Å². The lowest BCUT2D eigenvalue weighted by atomic mass is 10.1. The van der Waals surface area contributed by atoms with Crippen LogP contribution in [0.4, 0.5) is 0 Å². The fourth-order valence-corrected chi connectivity index (χ4v) is 3.36. The van der Waals surface area contributed by atoms with Crippen LogP contribution in [-0.2, 0) is 19.6 Å². The first-order valence-electron chi connectivity index (χ1n) is 9.86. The molecule has 1 N–H and O–H groups in total. The smallest absolute Gasteiger partial charge is 0.274 e. The van der Waals surface area contributed by atoms with Crippen LogP contribution in [0.5, 0.6) is 0 Å². The second-order valence-electron chi connectivity index (χ2n) is 7.96. The van der Waals surface area contributed by atoms with Gasteiger partial charge in [0, 0.05) is 25.0 Å². The zero-order valence-electron chi connectivity index (χ0n) is 17.5. The number of rotatable bonds is 7. The standard InChI is InChI=1S/C23H28N4O2/c1-16(2)14-27-23(29)20-12-8-7-11-19(20)21(25-27)22(28)24-13-17-9-5-6-10-18(17)15-26(3)4/h5-12,16H,13-15H2,1-4H3,(H,24,28). The first kappa shape index (κ1) is 20.7. The third-order valence-corrected chi connectivity index (χ3v) is 4.67. The number of hydrogen-bond acceptors (Lipinski definition) is 4. The number of carbonyl (C=O) groups excluding carboxylic acids is 1. The normalized spacial score (nSPS) is 11.4. The van der Waals surface area contributed by atoms with Crippen molar-refractivity contribution in [2.24, 2.45) is 5.92 Å². The molecule has 3 rings (SSSR count). The summed E-state index contributed by atoms with van der Waals surface area (Å²) in [5, 5.41) is 8.49. The average Bonchev–Trinajstić information content (AvgIpc) is 2.68. The number of nitrogens with one attached hydrogen (secondary N) is 1. The second kappa shape index (κ2) is 9.01. The Balaban J connectivity index is 1.92. The molecule has 29 heavy (non-hydrogen) atoms. The highest BCUT2D eigenvalue weighted by Crippen LogP contribution is 2.15. The Morgan fingerprint density at radius 2 is 1.66 bits per heavy atom. The van der Waals surface area contributed by atoms with Crippen molar-refractivity contribution in [3.8, 4) is 0 Å². The number of amides is 1. The van der Waals surface area contributed by atoms with E-state index in [0.717, 1.165) is 12.1 Å². The first-order valence-corrected chi connectivity index (χ1v) is 9.86. The van der Waals surface area contributed by atoms with Crippen LogP contribution in [0.3, 0.4) is 0 Å². The molecule has 0 spiro atoms. The van der Waals surface area contributed by atoms with Crippen molar-refractivity contribution < 1.29 is 4.79 Å². The van der Waals surface area contributed by atoms with E-state index < -0.39 is 0 Å². The number of carbonyl (C=O) groups is 1. The van der Waals surface area contributed by atoms with E-state index in [1.807, 2.05) is 58.3 Å². The summed E-state index contributed by atoms with van der Waals surface area (Å²) in [7, 11) is 4.03. The predicted octanol–water partition coefficient (Wildman–Crippen LogP) is 3.04. The molecule has 0 fully saturated rings. The molecule has 0 saturated heterocycles. The van der Waals surface area contributed by atoms with Crippen LogP contribution in [-0.4, -0.2) is 34.7 Å². The van der Waals surface area contributed by atoms with Crippen molar-refractivity contribution in [2.45, 2.75) is 33.5 Å². The highest BCUT2D eigenvalue weighted by Gasteiger charge is 2.17. The maximum Gasteiger partial charge on any atom is 0.274 e. The molecular weight excluding hydrogens is 364 g/mol. The molecule has 0 saturated carbocycles. The Morgan fingerprint density at radius 1 is 1.03 bits per heavy atom. The quantitative estimate of drug-likeness (QED) is 0.671. The van der Waals surface area contributed by atoms with Gasteiger partial charge in [-0.25, -0.2) is 4.68 Å². The van der Waals surface area contributed by atoms with Gasteiger partial charge in [0.2, 0.25) is 0 Å². The third kappa shape index (κ3) is 4.90. The maximum atomic E-state index is 13.0. The summed E-state index contributed by atoms with van der Waals surface area (Å²) in [6.07, 6.45) is 0.